The number of hydrogen-bond acceptors (Lipinski definition) is 2. The molecule has 0 fully saturated rings. The zero-order valence-electron chi connectivity index (χ0n) is 8.06. The highest BCUT2D eigenvalue weighted by atomic mass is 15.0. The predicted molar refractivity (Wildman–Crippen MR) is 50.3 cm³/mol. The van der Waals surface area contributed by atoms with Crippen molar-refractivity contribution in [3.05, 3.63) is 0 Å². The number of nitrogens with one attached hydrogen (secondary N) is 1. The molecule has 68 valence electrons. The van der Waals surface area contributed by atoms with Gasteiger partial charge in [-0.3, -0.25) is 0 Å². The van der Waals surface area contributed by atoms with Crippen LogP contribution >= 0.6 is 0 Å². The third kappa shape index (κ3) is 5.22. The summed E-state index contributed by atoms with van der Waals surface area (Å²) in [4.78, 5) is 0. The standard InChI is InChI=1S/C9H22N2/c1-4-6-8(3)9(10)11-7-5-2/h8-9,11H,4-7,10H2,1-3H3. The van der Waals surface area contributed by atoms with E-state index in [0.717, 1.165) is 13.0 Å². The normalized spacial score (nSPS) is 16.4. The van der Waals surface area contributed by atoms with Crippen molar-refractivity contribution in [1.29, 1.82) is 0 Å². The zero-order valence-corrected chi connectivity index (χ0v) is 8.06. The van der Waals surface area contributed by atoms with Gasteiger partial charge in [-0.2, -0.15) is 0 Å². The van der Waals surface area contributed by atoms with Gasteiger partial charge >= 0.3 is 0 Å². The van der Waals surface area contributed by atoms with Gasteiger partial charge in [0.15, 0.2) is 0 Å². The number of hydrogen-bond donors (Lipinski definition) is 2. The fourth-order valence-electron chi connectivity index (χ4n) is 1.15. The van der Waals surface area contributed by atoms with Crippen molar-refractivity contribution in [2.75, 3.05) is 6.54 Å². The highest BCUT2D eigenvalue weighted by Crippen LogP contribution is 2.06. The van der Waals surface area contributed by atoms with E-state index in [9.17, 15) is 0 Å². The van der Waals surface area contributed by atoms with E-state index in [1.54, 1.807) is 0 Å². The van der Waals surface area contributed by atoms with E-state index in [2.05, 4.69) is 26.1 Å². The van der Waals surface area contributed by atoms with Gasteiger partial charge in [-0.05, 0) is 25.3 Å². The first kappa shape index (κ1) is 10.9. The van der Waals surface area contributed by atoms with Crippen LogP contribution in [0.5, 0.6) is 0 Å². The lowest BCUT2D eigenvalue weighted by Crippen LogP contribution is -2.42. The van der Waals surface area contributed by atoms with Gasteiger partial charge in [-0.1, -0.05) is 27.2 Å². The van der Waals surface area contributed by atoms with Crippen molar-refractivity contribution >= 4 is 0 Å². The second kappa shape index (κ2) is 6.62. The van der Waals surface area contributed by atoms with Crippen LogP contribution in [-0.4, -0.2) is 12.7 Å². The summed E-state index contributed by atoms with van der Waals surface area (Å²) in [5, 5.41) is 3.29. The fourth-order valence-corrected chi connectivity index (χ4v) is 1.15. The quantitative estimate of drug-likeness (QED) is 0.577. The van der Waals surface area contributed by atoms with Crippen molar-refractivity contribution in [2.24, 2.45) is 11.7 Å². The van der Waals surface area contributed by atoms with Crippen LogP contribution < -0.4 is 11.1 Å². The third-order valence-electron chi connectivity index (χ3n) is 1.99. The minimum Gasteiger partial charge on any atom is -0.316 e. The van der Waals surface area contributed by atoms with Gasteiger partial charge in [-0.25, -0.2) is 0 Å². The van der Waals surface area contributed by atoms with Gasteiger partial charge in [-0.15, -0.1) is 0 Å². The Bertz CT molecular complexity index is 83.6. The molecule has 3 N–H and O–H groups in total. The van der Waals surface area contributed by atoms with Crippen LogP contribution in [0.15, 0.2) is 0 Å². The second-order valence-corrected chi connectivity index (χ2v) is 3.25. The molecular weight excluding hydrogens is 136 g/mol. The van der Waals surface area contributed by atoms with Crippen LogP contribution in [-0.2, 0) is 0 Å². The average Bonchev–Trinajstić information content (AvgIpc) is 2.00. The average molecular weight is 158 g/mol. The summed E-state index contributed by atoms with van der Waals surface area (Å²) in [7, 11) is 0. The van der Waals surface area contributed by atoms with Crippen LogP contribution in [0.1, 0.15) is 40.0 Å². The molecule has 0 heterocycles. The summed E-state index contributed by atoms with van der Waals surface area (Å²) >= 11 is 0. The highest BCUT2D eigenvalue weighted by Gasteiger charge is 2.09. The minimum absolute atomic E-state index is 0.190. The Hall–Kier alpha value is -0.0800. The van der Waals surface area contributed by atoms with E-state index in [4.69, 9.17) is 5.73 Å². The topological polar surface area (TPSA) is 38.0 Å². The summed E-state index contributed by atoms with van der Waals surface area (Å²) in [6.45, 7) is 7.60. The first-order chi connectivity index (χ1) is 5.22. The molecule has 0 aliphatic carbocycles. The van der Waals surface area contributed by atoms with Gasteiger partial charge in [0.2, 0.25) is 0 Å². The third-order valence-corrected chi connectivity index (χ3v) is 1.99. The molecule has 0 bridgehead atoms. The Morgan fingerprint density at radius 2 is 1.91 bits per heavy atom. The van der Waals surface area contributed by atoms with E-state index in [1.807, 2.05) is 0 Å². The van der Waals surface area contributed by atoms with E-state index in [1.165, 1.54) is 12.8 Å². The lowest BCUT2D eigenvalue weighted by molar-refractivity contribution is 0.363. The molecule has 0 spiro atoms. The van der Waals surface area contributed by atoms with Crippen molar-refractivity contribution < 1.29 is 0 Å². The van der Waals surface area contributed by atoms with Gasteiger partial charge in [0, 0.05) is 0 Å². The molecule has 0 aromatic rings. The first-order valence-electron chi connectivity index (χ1n) is 4.71. The van der Waals surface area contributed by atoms with Crippen LogP contribution in [0.2, 0.25) is 0 Å². The molecule has 0 saturated carbocycles. The summed E-state index contributed by atoms with van der Waals surface area (Å²) in [5.74, 6) is 0.603. The molecule has 2 heteroatoms. The van der Waals surface area contributed by atoms with E-state index in [0.29, 0.717) is 5.92 Å². The number of nitrogens with two attached hydrogens (primary N) is 1. The van der Waals surface area contributed by atoms with Crippen molar-refractivity contribution in [1.82, 2.24) is 5.32 Å². The van der Waals surface area contributed by atoms with E-state index >= 15 is 0 Å². The first-order valence-corrected chi connectivity index (χ1v) is 4.71. The Labute approximate surface area is 70.5 Å². The van der Waals surface area contributed by atoms with Crippen molar-refractivity contribution in [2.45, 2.75) is 46.2 Å². The Balaban J connectivity index is 3.38. The lowest BCUT2D eigenvalue weighted by atomic mass is 10.0. The minimum atomic E-state index is 0.190. The highest BCUT2D eigenvalue weighted by molar-refractivity contribution is 4.65. The molecule has 0 aliphatic rings. The van der Waals surface area contributed by atoms with Crippen LogP contribution in [0.4, 0.5) is 0 Å². The monoisotopic (exact) mass is 158 g/mol. The molecule has 2 atom stereocenters. The summed E-state index contributed by atoms with van der Waals surface area (Å²) < 4.78 is 0. The van der Waals surface area contributed by atoms with Crippen LogP contribution in [0, 0.1) is 5.92 Å². The molecule has 0 aromatic carbocycles. The van der Waals surface area contributed by atoms with E-state index < -0.39 is 0 Å². The predicted octanol–water partition coefficient (Wildman–Crippen LogP) is 1.71. The second-order valence-electron chi connectivity index (χ2n) is 3.25. The molecule has 2 nitrogen and oxygen atoms in total. The fraction of sp³-hybridized carbons (Fsp3) is 1.00. The van der Waals surface area contributed by atoms with Gasteiger partial charge in [0.1, 0.15) is 0 Å². The Morgan fingerprint density at radius 3 is 2.36 bits per heavy atom. The lowest BCUT2D eigenvalue weighted by Gasteiger charge is -2.20. The molecule has 0 rings (SSSR count). The molecule has 0 aromatic heterocycles. The number of rotatable bonds is 6. The summed E-state index contributed by atoms with van der Waals surface area (Å²) in [6.07, 6.45) is 3.79. The maximum absolute atomic E-state index is 5.88. The van der Waals surface area contributed by atoms with Gasteiger partial charge in [0.05, 0.1) is 6.17 Å². The smallest absolute Gasteiger partial charge is 0.0572 e. The SMILES string of the molecule is CCCNC(N)C(C)CCC. The molecular formula is C9H22N2. The molecule has 0 amide bonds. The summed E-state index contributed by atoms with van der Waals surface area (Å²) in [5.41, 5.74) is 5.88. The molecule has 2 unspecified atom stereocenters. The molecule has 0 saturated heterocycles. The van der Waals surface area contributed by atoms with Crippen molar-refractivity contribution in [3.63, 3.8) is 0 Å². The van der Waals surface area contributed by atoms with Crippen molar-refractivity contribution in [3.8, 4) is 0 Å². The summed E-state index contributed by atoms with van der Waals surface area (Å²) in [6, 6.07) is 0. The maximum Gasteiger partial charge on any atom is 0.0572 e. The molecule has 0 aliphatic heterocycles. The largest absolute Gasteiger partial charge is 0.316 e. The Morgan fingerprint density at radius 1 is 1.27 bits per heavy atom. The van der Waals surface area contributed by atoms with Crippen LogP contribution in [0.25, 0.3) is 0 Å². The zero-order chi connectivity index (χ0) is 8.69. The maximum atomic E-state index is 5.88. The van der Waals surface area contributed by atoms with Gasteiger partial charge in [0.25, 0.3) is 0 Å². The van der Waals surface area contributed by atoms with E-state index in [-0.39, 0.29) is 6.17 Å². The van der Waals surface area contributed by atoms with Crippen LogP contribution in [0.3, 0.4) is 0 Å². The molecule has 11 heavy (non-hydrogen) atoms. The molecule has 0 radical (unpaired) electrons. The Kier molecular flexibility index (Phi) is 6.57. The van der Waals surface area contributed by atoms with Gasteiger partial charge < -0.3 is 11.1 Å².